The molecule has 2 unspecified atom stereocenters. The van der Waals surface area contributed by atoms with Crippen LogP contribution in [0.25, 0.3) is 0 Å². The van der Waals surface area contributed by atoms with Gasteiger partial charge in [-0.25, -0.2) is 0 Å². The Labute approximate surface area is 104 Å². The zero-order chi connectivity index (χ0) is 12.3. The largest absolute Gasteiger partial charge is 0.329 e. The van der Waals surface area contributed by atoms with Crippen molar-refractivity contribution in [3.63, 3.8) is 0 Å². The van der Waals surface area contributed by atoms with E-state index in [9.17, 15) is 0 Å². The lowest BCUT2D eigenvalue weighted by Crippen LogP contribution is -2.52. The summed E-state index contributed by atoms with van der Waals surface area (Å²) in [6, 6.07) is 11.1. The van der Waals surface area contributed by atoms with E-state index in [0.717, 1.165) is 19.5 Å². The van der Waals surface area contributed by atoms with Gasteiger partial charge in [0.05, 0.1) is 0 Å². The van der Waals surface area contributed by atoms with Gasteiger partial charge in [-0.05, 0) is 26.0 Å². The fourth-order valence-electron chi connectivity index (χ4n) is 2.65. The first-order valence-electron chi connectivity index (χ1n) is 6.34. The molecule has 2 atom stereocenters. The minimum absolute atomic E-state index is 0.0873. The Morgan fingerprint density at radius 3 is 2.65 bits per heavy atom. The SMILES string of the molecule is CC1CC(CN)(NCc2ccccc2)CN1C. The number of hydrogen-bond acceptors (Lipinski definition) is 3. The van der Waals surface area contributed by atoms with Gasteiger partial charge >= 0.3 is 0 Å². The predicted molar refractivity (Wildman–Crippen MR) is 71.8 cm³/mol. The van der Waals surface area contributed by atoms with Crippen LogP contribution in [0.5, 0.6) is 0 Å². The second-order valence-electron chi connectivity index (χ2n) is 5.29. The molecule has 1 aliphatic heterocycles. The molecule has 0 radical (unpaired) electrons. The van der Waals surface area contributed by atoms with Gasteiger partial charge in [0.25, 0.3) is 0 Å². The van der Waals surface area contributed by atoms with E-state index in [1.54, 1.807) is 0 Å². The topological polar surface area (TPSA) is 41.3 Å². The van der Waals surface area contributed by atoms with E-state index in [-0.39, 0.29) is 5.54 Å². The van der Waals surface area contributed by atoms with Crippen LogP contribution in [-0.2, 0) is 6.54 Å². The van der Waals surface area contributed by atoms with Crippen molar-refractivity contribution in [2.24, 2.45) is 5.73 Å². The van der Waals surface area contributed by atoms with Gasteiger partial charge in [-0.1, -0.05) is 30.3 Å². The smallest absolute Gasteiger partial charge is 0.0450 e. The number of rotatable bonds is 4. The Kier molecular flexibility index (Phi) is 3.82. The van der Waals surface area contributed by atoms with Crippen LogP contribution in [0.15, 0.2) is 30.3 Å². The summed E-state index contributed by atoms with van der Waals surface area (Å²) in [6.45, 7) is 4.91. The molecule has 1 aromatic carbocycles. The maximum atomic E-state index is 5.97. The molecule has 3 N–H and O–H groups in total. The molecule has 17 heavy (non-hydrogen) atoms. The van der Waals surface area contributed by atoms with Crippen molar-refractivity contribution in [3.05, 3.63) is 35.9 Å². The molecule has 2 rings (SSSR count). The fourth-order valence-corrected chi connectivity index (χ4v) is 2.65. The summed E-state index contributed by atoms with van der Waals surface area (Å²) in [5.74, 6) is 0. The Hall–Kier alpha value is -0.900. The summed E-state index contributed by atoms with van der Waals surface area (Å²) in [7, 11) is 2.17. The second-order valence-corrected chi connectivity index (χ2v) is 5.29. The van der Waals surface area contributed by atoms with Gasteiger partial charge in [-0.2, -0.15) is 0 Å². The normalized spacial score (nSPS) is 29.7. The highest BCUT2D eigenvalue weighted by Gasteiger charge is 2.38. The molecule has 0 bridgehead atoms. The minimum Gasteiger partial charge on any atom is -0.329 e. The fraction of sp³-hybridized carbons (Fsp3) is 0.571. The second kappa shape index (κ2) is 5.17. The van der Waals surface area contributed by atoms with Crippen LogP contribution < -0.4 is 11.1 Å². The van der Waals surface area contributed by atoms with Crippen LogP contribution in [-0.4, -0.2) is 36.6 Å². The molecule has 1 saturated heterocycles. The highest BCUT2D eigenvalue weighted by molar-refractivity contribution is 5.15. The lowest BCUT2D eigenvalue weighted by atomic mass is 9.96. The number of nitrogens with one attached hydrogen (secondary N) is 1. The van der Waals surface area contributed by atoms with E-state index in [0.29, 0.717) is 12.6 Å². The standard InChI is InChI=1S/C14H23N3/c1-12-8-14(10-15,11-17(12)2)16-9-13-6-4-3-5-7-13/h3-7,12,16H,8-11,15H2,1-2H3. The molecule has 94 valence electrons. The molecule has 1 fully saturated rings. The molecule has 1 aliphatic rings. The van der Waals surface area contributed by atoms with Gasteiger partial charge in [0.1, 0.15) is 0 Å². The van der Waals surface area contributed by atoms with Gasteiger partial charge in [0.15, 0.2) is 0 Å². The number of benzene rings is 1. The quantitative estimate of drug-likeness (QED) is 0.821. The zero-order valence-electron chi connectivity index (χ0n) is 10.8. The average molecular weight is 233 g/mol. The first-order chi connectivity index (χ1) is 8.15. The Bertz CT molecular complexity index is 340. The van der Waals surface area contributed by atoms with Gasteiger partial charge < -0.3 is 16.0 Å². The van der Waals surface area contributed by atoms with Crippen LogP contribution in [0.4, 0.5) is 0 Å². The summed E-state index contributed by atoms with van der Waals surface area (Å²) < 4.78 is 0. The summed E-state index contributed by atoms with van der Waals surface area (Å²) in [5, 5.41) is 3.66. The van der Waals surface area contributed by atoms with E-state index in [2.05, 4.69) is 48.5 Å². The number of likely N-dealkylation sites (tertiary alicyclic amines) is 1. The average Bonchev–Trinajstić information content (AvgIpc) is 2.65. The predicted octanol–water partition coefficient (Wildman–Crippen LogP) is 1.20. The molecule has 1 heterocycles. The van der Waals surface area contributed by atoms with Crippen LogP contribution >= 0.6 is 0 Å². The molecule has 0 aromatic heterocycles. The number of nitrogens with zero attached hydrogens (tertiary/aromatic N) is 1. The van der Waals surface area contributed by atoms with Gasteiger partial charge in [0.2, 0.25) is 0 Å². The molecule has 0 spiro atoms. The molecule has 0 saturated carbocycles. The molecular formula is C14H23N3. The maximum absolute atomic E-state index is 5.97. The Morgan fingerprint density at radius 2 is 2.12 bits per heavy atom. The van der Waals surface area contributed by atoms with E-state index in [1.165, 1.54) is 5.56 Å². The monoisotopic (exact) mass is 233 g/mol. The molecule has 0 amide bonds. The number of likely N-dealkylation sites (N-methyl/N-ethyl adjacent to an activating group) is 1. The molecule has 3 heteroatoms. The third-order valence-electron chi connectivity index (χ3n) is 3.89. The van der Waals surface area contributed by atoms with Crippen molar-refractivity contribution in [1.29, 1.82) is 0 Å². The van der Waals surface area contributed by atoms with Crippen molar-refractivity contribution in [2.45, 2.75) is 31.5 Å². The summed E-state index contributed by atoms with van der Waals surface area (Å²) in [5.41, 5.74) is 7.38. The summed E-state index contributed by atoms with van der Waals surface area (Å²) >= 11 is 0. The lowest BCUT2D eigenvalue weighted by molar-refractivity contribution is 0.299. The van der Waals surface area contributed by atoms with Crippen LogP contribution in [0.2, 0.25) is 0 Å². The highest BCUT2D eigenvalue weighted by Crippen LogP contribution is 2.25. The Balaban J connectivity index is 1.97. The van der Waals surface area contributed by atoms with E-state index >= 15 is 0 Å². The Morgan fingerprint density at radius 1 is 1.41 bits per heavy atom. The van der Waals surface area contributed by atoms with Crippen LogP contribution in [0, 0.1) is 0 Å². The van der Waals surface area contributed by atoms with E-state index in [1.807, 2.05) is 6.07 Å². The minimum atomic E-state index is 0.0873. The summed E-state index contributed by atoms with van der Waals surface area (Å²) in [6.07, 6.45) is 1.13. The zero-order valence-corrected chi connectivity index (χ0v) is 10.8. The van der Waals surface area contributed by atoms with Crippen molar-refractivity contribution < 1.29 is 0 Å². The van der Waals surface area contributed by atoms with Crippen LogP contribution in [0.1, 0.15) is 18.9 Å². The molecule has 3 nitrogen and oxygen atoms in total. The summed E-state index contributed by atoms with van der Waals surface area (Å²) in [4.78, 5) is 2.38. The van der Waals surface area contributed by atoms with Crippen molar-refractivity contribution in [2.75, 3.05) is 20.1 Å². The first-order valence-corrected chi connectivity index (χ1v) is 6.34. The third kappa shape index (κ3) is 2.86. The number of nitrogens with two attached hydrogens (primary N) is 1. The number of hydrogen-bond donors (Lipinski definition) is 2. The van der Waals surface area contributed by atoms with Gasteiger partial charge in [-0.15, -0.1) is 0 Å². The van der Waals surface area contributed by atoms with E-state index < -0.39 is 0 Å². The van der Waals surface area contributed by atoms with E-state index in [4.69, 9.17) is 5.73 Å². The molecule has 0 aliphatic carbocycles. The lowest BCUT2D eigenvalue weighted by Gasteiger charge is -2.29. The van der Waals surface area contributed by atoms with Crippen molar-refractivity contribution in [1.82, 2.24) is 10.2 Å². The maximum Gasteiger partial charge on any atom is 0.0450 e. The molecular weight excluding hydrogens is 210 g/mol. The van der Waals surface area contributed by atoms with Crippen molar-refractivity contribution in [3.8, 4) is 0 Å². The third-order valence-corrected chi connectivity index (χ3v) is 3.89. The molecule has 1 aromatic rings. The van der Waals surface area contributed by atoms with Gasteiger partial charge in [0, 0.05) is 31.2 Å². The van der Waals surface area contributed by atoms with Gasteiger partial charge in [-0.3, -0.25) is 0 Å². The van der Waals surface area contributed by atoms with Crippen LogP contribution in [0.3, 0.4) is 0 Å². The highest BCUT2D eigenvalue weighted by atomic mass is 15.2. The van der Waals surface area contributed by atoms with Crippen molar-refractivity contribution >= 4 is 0 Å². The first kappa shape index (κ1) is 12.6.